The second-order valence-corrected chi connectivity index (χ2v) is 5.26. The largest absolute Gasteiger partial charge is 0.462 e. The minimum atomic E-state index is -0.322. The van der Waals surface area contributed by atoms with Gasteiger partial charge in [0.15, 0.2) is 0 Å². The zero-order chi connectivity index (χ0) is 14.5. The van der Waals surface area contributed by atoms with E-state index in [9.17, 15) is 4.79 Å². The highest BCUT2D eigenvalue weighted by Crippen LogP contribution is 2.25. The fourth-order valence-corrected chi connectivity index (χ4v) is 2.62. The van der Waals surface area contributed by atoms with Crippen molar-refractivity contribution in [2.75, 3.05) is 24.3 Å². The highest BCUT2D eigenvalue weighted by Gasteiger charge is 2.12. The fraction of sp³-hybridized carbons (Fsp3) is 0.267. The Kier molecular flexibility index (Phi) is 4.63. The lowest BCUT2D eigenvalue weighted by molar-refractivity contribution is 0.0526. The molecule has 0 fully saturated rings. The van der Waals surface area contributed by atoms with Crippen LogP contribution in [0.4, 0.5) is 11.4 Å². The van der Waals surface area contributed by atoms with Gasteiger partial charge < -0.3 is 15.4 Å². The van der Waals surface area contributed by atoms with E-state index < -0.39 is 0 Å². The zero-order valence-corrected chi connectivity index (χ0v) is 12.4. The predicted molar refractivity (Wildman–Crippen MR) is 83.2 cm³/mol. The molecule has 1 aromatic carbocycles. The maximum absolute atomic E-state index is 11.8. The molecule has 0 saturated carbocycles. The van der Waals surface area contributed by atoms with Crippen LogP contribution in [0.15, 0.2) is 35.0 Å². The van der Waals surface area contributed by atoms with Crippen molar-refractivity contribution in [3.8, 4) is 0 Å². The summed E-state index contributed by atoms with van der Waals surface area (Å²) < 4.78 is 5.01. The molecular weight excluding hydrogens is 272 g/mol. The summed E-state index contributed by atoms with van der Waals surface area (Å²) in [5, 5.41) is 4.14. The zero-order valence-electron chi connectivity index (χ0n) is 11.6. The number of nitrogens with zero attached hydrogens (tertiary/aromatic N) is 1. The number of esters is 1. The van der Waals surface area contributed by atoms with Gasteiger partial charge in [0.05, 0.1) is 23.5 Å². The SMILES string of the molecule is CCOC(=O)c1ccc(N)c(N(C)Cc2ccsc2)c1. The number of anilines is 2. The first-order chi connectivity index (χ1) is 9.61. The summed E-state index contributed by atoms with van der Waals surface area (Å²) in [7, 11) is 1.96. The van der Waals surface area contributed by atoms with E-state index in [-0.39, 0.29) is 5.97 Å². The Bertz CT molecular complexity index is 582. The van der Waals surface area contributed by atoms with Gasteiger partial charge in [0.1, 0.15) is 0 Å². The number of nitrogens with two attached hydrogens (primary N) is 1. The molecule has 0 spiro atoms. The lowest BCUT2D eigenvalue weighted by Crippen LogP contribution is -2.18. The smallest absolute Gasteiger partial charge is 0.338 e. The number of benzene rings is 1. The van der Waals surface area contributed by atoms with E-state index in [1.807, 2.05) is 17.3 Å². The van der Waals surface area contributed by atoms with E-state index in [2.05, 4.69) is 11.4 Å². The number of rotatable bonds is 5. The van der Waals surface area contributed by atoms with E-state index in [0.717, 1.165) is 12.2 Å². The molecule has 106 valence electrons. The highest BCUT2D eigenvalue weighted by molar-refractivity contribution is 7.07. The molecule has 20 heavy (non-hydrogen) atoms. The van der Waals surface area contributed by atoms with Crippen molar-refractivity contribution in [1.29, 1.82) is 0 Å². The van der Waals surface area contributed by atoms with Crippen LogP contribution in [0, 0.1) is 0 Å². The normalized spacial score (nSPS) is 10.3. The summed E-state index contributed by atoms with van der Waals surface area (Å²) in [6, 6.07) is 7.28. The maximum atomic E-state index is 11.8. The lowest BCUT2D eigenvalue weighted by atomic mass is 10.1. The molecule has 2 rings (SSSR count). The molecule has 0 bridgehead atoms. The summed E-state index contributed by atoms with van der Waals surface area (Å²) in [6.45, 7) is 2.90. The van der Waals surface area contributed by atoms with Gasteiger partial charge in [-0.2, -0.15) is 11.3 Å². The number of carbonyl (C=O) groups is 1. The van der Waals surface area contributed by atoms with Crippen LogP contribution >= 0.6 is 11.3 Å². The van der Waals surface area contributed by atoms with Crippen LogP contribution in [0.25, 0.3) is 0 Å². The van der Waals surface area contributed by atoms with Gasteiger partial charge >= 0.3 is 5.97 Å². The molecular formula is C15H18N2O2S. The topological polar surface area (TPSA) is 55.6 Å². The minimum Gasteiger partial charge on any atom is -0.462 e. The van der Waals surface area contributed by atoms with Gasteiger partial charge in [0.2, 0.25) is 0 Å². The van der Waals surface area contributed by atoms with Crippen molar-refractivity contribution in [1.82, 2.24) is 0 Å². The highest BCUT2D eigenvalue weighted by atomic mass is 32.1. The molecule has 2 N–H and O–H groups in total. The molecule has 0 atom stereocenters. The van der Waals surface area contributed by atoms with Gasteiger partial charge in [-0.3, -0.25) is 0 Å². The van der Waals surface area contributed by atoms with E-state index in [1.165, 1.54) is 5.56 Å². The van der Waals surface area contributed by atoms with Crippen LogP contribution in [-0.2, 0) is 11.3 Å². The molecule has 0 aliphatic rings. The number of hydrogen-bond acceptors (Lipinski definition) is 5. The minimum absolute atomic E-state index is 0.322. The van der Waals surface area contributed by atoms with Gasteiger partial charge in [0.25, 0.3) is 0 Å². The predicted octanol–water partition coefficient (Wildman–Crippen LogP) is 3.14. The molecule has 0 aliphatic heterocycles. The van der Waals surface area contributed by atoms with Crippen molar-refractivity contribution >= 4 is 28.7 Å². The summed E-state index contributed by atoms with van der Waals surface area (Å²) >= 11 is 1.66. The maximum Gasteiger partial charge on any atom is 0.338 e. The third kappa shape index (κ3) is 3.30. The Hall–Kier alpha value is -2.01. The van der Waals surface area contributed by atoms with E-state index >= 15 is 0 Å². The molecule has 0 aliphatic carbocycles. The molecule has 1 aromatic heterocycles. The van der Waals surface area contributed by atoms with Gasteiger partial charge in [-0.25, -0.2) is 4.79 Å². The summed E-state index contributed by atoms with van der Waals surface area (Å²) in [6.07, 6.45) is 0. The van der Waals surface area contributed by atoms with Crippen LogP contribution in [0.5, 0.6) is 0 Å². The third-order valence-electron chi connectivity index (χ3n) is 2.95. The van der Waals surface area contributed by atoms with Crippen LogP contribution in [-0.4, -0.2) is 19.6 Å². The van der Waals surface area contributed by atoms with Gasteiger partial charge in [-0.1, -0.05) is 0 Å². The van der Waals surface area contributed by atoms with Crippen molar-refractivity contribution in [3.63, 3.8) is 0 Å². The van der Waals surface area contributed by atoms with Crippen LogP contribution in [0.2, 0.25) is 0 Å². The number of thiophene rings is 1. The third-order valence-corrected chi connectivity index (χ3v) is 3.68. The molecule has 5 heteroatoms. The average molecular weight is 290 g/mol. The Morgan fingerprint density at radius 2 is 2.20 bits per heavy atom. The molecule has 0 radical (unpaired) electrons. The first-order valence-electron chi connectivity index (χ1n) is 6.40. The van der Waals surface area contributed by atoms with Gasteiger partial charge in [-0.15, -0.1) is 0 Å². The Balaban J connectivity index is 2.21. The summed E-state index contributed by atoms with van der Waals surface area (Å²) in [5.41, 5.74) is 9.23. The fourth-order valence-electron chi connectivity index (χ4n) is 1.96. The molecule has 0 unspecified atom stereocenters. The standard InChI is InChI=1S/C15H18N2O2S/c1-3-19-15(18)12-4-5-13(16)14(8-12)17(2)9-11-6-7-20-10-11/h4-8,10H,3,9,16H2,1-2H3. The van der Waals surface area contributed by atoms with E-state index in [0.29, 0.717) is 17.9 Å². The molecule has 0 saturated heterocycles. The van der Waals surface area contributed by atoms with Crippen molar-refractivity contribution in [2.45, 2.75) is 13.5 Å². The Morgan fingerprint density at radius 3 is 2.85 bits per heavy atom. The van der Waals surface area contributed by atoms with Crippen molar-refractivity contribution < 1.29 is 9.53 Å². The molecule has 1 heterocycles. The van der Waals surface area contributed by atoms with E-state index in [1.54, 1.807) is 36.5 Å². The van der Waals surface area contributed by atoms with Gasteiger partial charge in [0, 0.05) is 13.6 Å². The van der Waals surface area contributed by atoms with Crippen LogP contribution < -0.4 is 10.6 Å². The molecule has 2 aromatic rings. The van der Waals surface area contributed by atoms with Gasteiger partial charge in [-0.05, 0) is 47.5 Å². The molecule has 0 amide bonds. The quantitative estimate of drug-likeness (QED) is 0.679. The molecule has 4 nitrogen and oxygen atoms in total. The van der Waals surface area contributed by atoms with Crippen LogP contribution in [0.1, 0.15) is 22.8 Å². The monoisotopic (exact) mass is 290 g/mol. The summed E-state index contributed by atoms with van der Waals surface area (Å²) in [4.78, 5) is 13.8. The Morgan fingerprint density at radius 1 is 1.40 bits per heavy atom. The van der Waals surface area contributed by atoms with E-state index in [4.69, 9.17) is 10.5 Å². The number of carbonyl (C=O) groups excluding carboxylic acids is 1. The van der Waals surface area contributed by atoms with Crippen LogP contribution in [0.3, 0.4) is 0 Å². The number of nitrogen functional groups attached to an aromatic ring is 1. The summed E-state index contributed by atoms with van der Waals surface area (Å²) in [5.74, 6) is -0.322. The number of hydrogen-bond donors (Lipinski definition) is 1. The van der Waals surface area contributed by atoms with Crippen molar-refractivity contribution in [2.24, 2.45) is 0 Å². The number of ether oxygens (including phenoxy) is 1. The second kappa shape index (κ2) is 6.43. The average Bonchev–Trinajstić information content (AvgIpc) is 2.92. The first kappa shape index (κ1) is 14.4. The van der Waals surface area contributed by atoms with Crippen molar-refractivity contribution in [3.05, 3.63) is 46.2 Å². The first-order valence-corrected chi connectivity index (χ1v) is 7.35. The Labute approximate surface area is 122 Å². The lowest BCUT2D eigenvalue weighted by Gasteiger charge is -2.21. The second-order valence-electron chi connectivity index (χ2n) is 4.48.